The molecule has 1 aliphatic rings. The molecule has 0 atom stereocenters. The van der Waals surface area contributed by atoms with E-state index in [9.17, 15) is 0 Å². The predicted octanol–water partition coefficient (Wildman–Crippen LogP) is 3.03. The molecule has 1 aromatic carbocycles. The SMILES string of the molecule is COc1ccc(Br)cc1CNCC1(N(C)C)CCC1. The summed E-state index contributed by atoms with van der Waals surface area (Å²) in [4.78, 5) is 2.36. The van der Waals surface area contributed by atoms with Crippen molar-refractivity contribution in [2.45, 2.75) is 31.3 Å². The van der Waals surface area contributed by atoms with Crippen molar-refractivity contribution in [2.24, 2.45) is 0 Å². The Hall–Kier alpha value is -0.580. The second-order valence-electron chi connectivity index (χ2n) is 5.53. The van der Waals surface area contributed by atoms with Crippen LogP contribution in [0.2, 0.25) is 0 Å². The van der Waals surface area contributed by atoms with Gasteiger partial charge in [0.25, 0.3) is 0 Å². The van der Waals surface area contributed by atoms with Crippen molar-refractivity contribution in [3.05, 3.63) is 28.2 Å². The zero-order chi connectivity index (χ0) is 13.9. The summed E-state index contributed by atoms with van der Waals surface area (Å²) in [6.45, 7) is 1.88. The van der Waals surface area contributed by atoms with Gasteiger partial charge in [0, 0.05) is 28.7 Å². The smallest absolute Gasteiger partial charge is 0.123 e. The molecule has 0 heterocycles. The molecule has 19 heavy (non-hydrogen) atoms. The van der Waals surface area contributed by atoms with Crippen LogP contribution in [0.5, 0.6) is 5.75 Å². The van der Waals surface area contributed by atoms with Gasteiger partial charge in [-0.25, -0.2) is 0 Å². The highest BCUT2D eigenvalue weighted by molar-refractivity contribution is 9.10. The summed E-state index contributed by atoms with van der Waals surface area (Å²) in [5.41, 5.74) is 1.56. The number of likely N-dealkylation sites (N-methyl/N-ethyl adjacent to an activating group) is 1. The van der Waals surface area contributed by atoms with Crippen molar-refractivity contribution in [1.82, 2.24) is 10.2 Å². The largest absolute Gasteiger partial charge is 0.496 e. The molecule has 0 unspecified atom stereocenters. The zero-order valence-electron chi connectivity index (χ0n) is 12.0. The number of hydrogen-bond donors (Lipinski definition) is 1. The monoisotopic (exact) mass is 326 g/mol. The standard InChI is InChI=1S/C15H23BrN2O/c1-18(2)15(7-4-8-15)11-17-10-12-9-13(16)5-6-14(12)19-3/h5-6,9,17H,4,7-8,10-11H2,1-3H3. The molecule has 0 spiro atoms. The van der Waals surface area contributed by atoms with E-state index in [1.165, 1.54) is 24.8 Å². The molecular weight excluding hydrogens is 304 g/mol. The normalized spacial score (nSPS) is 17.3. The molecule has 1 fully saturated rings. The molecule has 0 aromatic heterocycles. The maximum atomic E-state index is 5.40. The number of halogens is 1. The van der Waals surface area contributed by atoms with E-state index in [0.29, 0.717) is 5.54 Å². The summed E-state index contributed by atoms with van der Waals surface area (Å²) < 4.78 is 6.49. The van der Waals surface area contributed by atoms with Crippen molar-refractivity contribution < 1.29 is 4.74 Å². The van der Waals surface area contributed by atoms with Crippen LogP contribution in [0.4, 0.5) is 0 Å². The number of rotatable bonds is 6. The van der Waals surface area contributed by atoms with Crippen molar-refractivity contribution >= 4 is 15.9 Å². The molecule has 1 aromatic rings. The Balaban J connectivity index is 1.94. The van der Waals surface area contributed by atoms with E-state index in [-0.39, 0.29) is 0 Å². The van der Waals surface area contributed by atoms with Crippen LogP contribution >= 0.6 is 15.9 Å². The Morgan fingerprint density at radius 1 is 1.37 bits per heavy atom. The maximum Gasteiger partial charge on any atom is 0.123 e. The lowest BCUT2D eigenvalue weighted by atomic mass is 9.75. The van der Waals surface area contributed by atoms with Gasteiger partial charge in [0.05, 0.1) is 7.11 Å². The zero-order valence-corrected chi connectivity index (χ0v) is 13.6. The highest BCUT2D eigenvalue weighted by Crippen LogP contribution is 2.35. The number of nitrogens with one attached hydrogen (secondary N) is 1. The van der Waals surface area contributed by atoms with Crippen LogP contribution in [0.25, 0.3) is 0 Å². The Bertz CT molecular complexity index is 430. The van der Waals surface area contributed by atoms with Gasteiger partial charge in [-0.1, -0.05) is 15.9 Å². The predicted molar refractivity (Wildman–Crippen MR) is 82.7 cm³/mol. The first-order valence-electron chi connectivity index (χ1n) is 6.78. The molecule has 106 valence electrons. The minimum atomic E-state index is 0.360. The fraction of sp³-hybridized carbons (Fsp3) is 0.600. The Kier molecular flexibility index (Phi) is 4.87. The van der Waals surface area contributed by atoms with E-state index in [1.54, 1.807) is 7.11 Å². The van der Waals surface area contributed by atoms with Crippen LogP contribution < -0.4 is 10.1 Å². The average Bonchev–Trinajstić information content (AvgIpc) is 2.32. The van der Waals surface area contributed by atoms with Crippen LogP contribution in [0.3, 0.4) is 0 Å². The van der Waals surface area contributed by atoms with Crippen LogP contribution in [0, 0.1) is 0 Å². The Morgan fingerprint density at radius 3 is 2.63 bits per heavy atom. The van der Waals surface area contributed by atoms with Gasteiger partial charge in [-0.05, 0) is 51.6 Å². The Morgan fingerprint density at radius 2 is 2.11 bits per heavy atom. The van der Waals surface area contributed by atoms with Gasteiger partial charge >= 0.3 is 0 Å². The van der Waals surface area contributed by atoms with Crippen molar-refractivity contribution in [1.29, 1.82) is 0 Å². The molecule has 0 aliphatic heterocycles. The molecule has 2 rings (SSSR count). The van der Waals surface area contributed by atoms with Crippen LogP contribution in [-0.2, 0) is 6.54 Å². The first kappa shape index (κ1) is 14.8. The molecule has 0 saturated heterocycles. The number of methoxy groups -OCH3 is 1. The quantitative estimate of drug-likeness (QED) is 0.869. The van der Waals surface area contributed by atoms with Gasteiger partial charge in [0.1, 0.15) is 5.75 Å². The van der Waals surface area contributed by atoms with Gasteiger partial charge in [0.15, 0.2) is 0 Å². The number of benzene rings is 1. The summed E-state index contributed by atoms with van der Waals surface area (Å²) in [6.07, 6.45) is 3.94. The van der Waals surface area contributed by atoms with E-state index in [4.69, 9.17) is 4.74 Å². The third kappa shape index (κ3) is 3.30. The third-order valence-corrected chi connectivity index (χ3v) is 4.74. The van der Waals surface area contributed by atoms with E-state index in [1.807, 2.05) is 12.1 Å². The summed E-state index contributed by atoms with van der Waals surface area (Å²) in [5, 5.41) is 3.59. The topological polar surface area (TPSA) is 24.5 Å². The lowest BCUT2D eigenvalue weighted by Crippen LogP contribution is -2.56. The number of ether oxygens (including phenoxy) is 1. The van der Waals surface area contributed by atoms with E-state index in [2.05, 4.69) is 46.3 Å². The second-order valence-corrected chi connectivity index (χ2v) is 6.45. The van der Waals surface area contributed by atoms with E-state index < -0.39 is 0 Å². The van der Waals surface area contributed by atoms with E-state index in [0.717, 1.165) is 23.3 Å². The summed E-state index contributed by atoms with van der Waals surface area (Å²) in [6, 6.07) is 6.14. The van der Waals surface area contributed by atoms with Crippen LogP contribution in [0.15, 0.2) is 22.7 Å². The maximum absolute atomic E-state index is 5.40. The minimum Gasteiger partial charge on any atom is -0.496 e. The first-order chi connectivity index (χ1) is 9.07. The van der Waals surface area contributed by atoms with Gasteiger partial charge in [-0.2, -0.15) is 0 Å². The van der Waals surface area contributed by atoms with Crippen molar-refractivity contribution in [3.63, 3.8) is 0 Å². The van der Waals surface area contributed by atoms with Crippen molar-refractivity contribution in [2.75, 3.05) is 27.7 Å². The first-order valence-corrected chi connectivity index (χ1v) is 7.57. The highest BCUT2D eigenvalue weighted by atomic mass is 79.9. The molecule has 1 saturated carbocycles. The molecule has 1 aliphatic carbocycles. The number of hydrogen-bond acceptors (Lipinski definition) is 3. The van der Waals surface area contributed by atoms with Gasteiger partial charge in [-0.3, -0.25) is 0 Å². The molecule has 1 N–H and O–H groups in total. The lowest BCUT2D eigenvalue weighted by Gasteiger charge is -2.47. The van der Waals surface area contributed by atoms with Gasteiger partial charge in [-0.15, -0.1) is 0 Å². The molecular formula is C15H23BrN2O. The highest BCUT2D eigenvalue weighted by Gasteiger charge is 2.38. The molecule has 0 radical (unpaired) electrons. The molecule has 3 nitrogen and oxygen atoms in total. The average molecular weight is 327 g/mol. The second kappa shape index (κ2) is 6.25. The fourth-order valence-electron chi connectivity index (χ4n) is 2.68. The van der Waals surface area contributed by atoms with Gasteiger partial charge < -0.3 is 15.0 Å². The van der Waals surface area contributed by atoms with Gasteiger partial charge in [0.2, 0.25) is 0 Å². The van der Waals surface area contributed by atoms with Crippen LogP contribution in [0.1, 0.15) is 24.8 Å². The fourth-order valence-corrected chi connectivity index (χ4v) is 3.09. The molecule has 0 amide bonds. The molecule has 4 heteroatoms. The minimum absolute atomic E-state index is 0.360. The Labute approximate surface area is 124 Å². The third-order valence-electron chi connectivity index (χ3n) is 4.24. The lowest BCUT2D eigenvalue weighted by molar-refractivity contribution is 0.0597. The van der Waals surface area contributed by atoms with Crippen LogP contribution in [-0.4, -0.2) is 38.2 Å². The number of nitrogens with zero attached hydrogens (tertiary/aromatic N) is 1. The summed E-state index contributed by atoms with van der Waals surface area (Å²) >= 11 is 3.51. The summed E-state index contributed by atoms with van der Waals surface area (Å²) in [7, 11) is 6.08. The van der Waals surface area contributed by atoms with E-state index >= 15 is 0 Å². The summed E-state index contributed by atoms with van der Waals surface area (Å²) in [5.74, 6) is 0.947. The molecule has 0 bridgehead atoms. The van der Waals surface area contributed by atoms with Crippen molar-refractivity contribution in [3.8, 4) is 5.75 Å².